The summed E-state index contributed by atoms with van der Waals surface area (Å²) >= 11 is 1.89. The fraction of sp³-hybridized carbons (Fsp3) is 0.400. The number of thiophene rings is 1. The number of nitrogens with zero attached hydrogens (tertiary/aromatic N) is 2. The molecule has 0 atom stereocenters. The zero-order valence-corrected chi connectivity index (χ0v) is 12.6. The summed E-state index contributed by atoms with van der Waals surface area (Å²) in [5.74, 6) is 0. The SMILES string of the molecule is CNCc1cc(CN(C)Cc2ccncc2)c(C)s1. The average molecular weight is 275 g/mol. The van der Waals surface area contributed by atoms with Gasteiger partial charge in [0, 0.05) is 41.8 Å². The van der Waals surface area contributed by atoms with Crippen molar-refractivity contribution in [3.63, 3.8) is 0 Å². The van der Waals surface area contributed by atoms with E-state index in [1.54, 1.807) is 0 Å². The first-order chi connectivity index (χ1) is 9.19. The van der Waals surface area contributed by atoms with E-state index >= 15 is 0 Å². The van der Waals surface area contributed by atoms with Gasteiger partial charge in [-0.3, -0.25) is 9.88 Å². The lowest BCUT2D eigenvalue weighted by molar-refractivity contribution is 0.319. The van der Waals surface area contributed by atoms with Crippen molar-refractivity contribution in [3.8, 4) is 0 Å². The zero-order chi connectivity index (χ0) is 13.7. The van der Waals surface area contributed by atoms with Gasteiger partial charge in [0.15, 0.2) is 0 Å². The fourth-order valence-corrected chi connectivity index (χ4v) is 3.22. The number of aryl methyl sites for hydroxylation is 1. The summed E-state index contributed by atoms with van der Waals surface area (Å²) in [5, 5.41) is 3.21. The van der Waals surface area contributed by atoms with Gasteiger partial charge in [-0.15, -0.1) is 11.3 Å². The molecular formula is C15H21N3S. The van der Waals surface area contributed by atoms with E-state index in [0.29, 0.717) is 0 Å². The molecule has 2 aromatic heterocycles. The highest BCUT2D eigenvalue weighted by molar-refractivity contribution is 7.12. The molecule has 0 aliphatic carbocycles. The van der Waals surface area contributed by atoms with Crippen LogP contribution in [0.25, 0.3) is 0 Å². The van der Waals surface area contributed by atoms with Gasteiger partial charge in [-0.1, -0.05) is 0 Å². The molecule has 0 saturated carbocycles. The topological polar surface area (TPSA) is 28.2 Å². The molecule has 2 rings (SSSR count). The van der Waals surface area contributed by atoms with Gasteiger partial charge in [0.25, 0.3) is 0 Å². The van der Waals surface area contributed by atoms with Gasteiger partial charge in [0.2, 0.25) is 0 Å². The molecular weight excluding hydrogens is 254 g/mol. The van der Waals surface area contributed by atoms with Crippen molar-refractivity contribution in [1.29, 1.82) is 0 Å². The highest BCUT2D eigenvalue weighted by Gasteiger charge is 2.08. The maximum absolute atomic E-state index is 4.05. The molecule has 0 spiro atoms. The summed E-state index contributed by atoms with van der Waals surface area (Å²) in [7, 11) is 4.15. The number of rotatable bonds is 6. The van der Waals surface area contributed by atoms with Gasteiger partial charge in [-0.2, -0.15) is 0 Å². The molecule has 0 aliphatic heterocycles. The Morgan fingerprint density at radius 1 is 1.26 bits per heavy atom. The minimum Gasteiger partial charge on any atom is -0.315 e. The average Bonchev–Trinajstić information content (AvgIpc) is 2.71. The Morgan fingerprint density at radius 3 is 2.68 bits per heavy atom. The van der Waals surface area contributed by atoms with Crippen LogP contribution < -0.4 is 5.32 Å². The summed E-state index contributed by atoms with van der Waals surface area (Å²) < 4.78 is 0. The van der Waals surface area contributed by atoms with Crippen LogP contribution in [0.15, 0.2) is 30.6 Å². The minimum atomic E-state index is 0.958. The molecule has 1 N–H and O–H groups in total. The summed E-state index contributed by atoms with van der Waals surface area (Å²) in [5.41, 5.74) is 2.74. The third kappa shape index (κ3) is 4.13. The number of aromatic nitrogens is 1. The number of hydrogen-bond acceptors (Lipinski definition) is 4. The largest absolute Gasteiger partial charge is 0.315 e. The fourth-order valence-electron chi connectivity index (χ4n) is 2.15. The molecule has 0 bridgehead atoms. The van der Waals surface area contributed by atoms with E-state index in [0.717, 1.165) is 19.6 Å². The molecule has 0 amide bonds. The molecule has 102 valence electrons. The summed E-state index contributed by atoms with van der Waals surface area (Å²) in [4.78, 5) is 9.22. The normalized spacial score (nSPS) is 11.2. The van der Waals surface area contributed by atoms with Crippen molar-refractivity contribution in [2.75, 3.05) is 14.1 Å². The number of pyridine rings is 1. The quantitative estimate of drug-likeness (QED) is 0.878. The highest BCUT2D eigenvalue weighted by Crippen LogP contribution is 2.23. The van der Waals surface area contributed by atoms with Gasteiger partial charge >= 0.3 is 0 Å². The van der Waals surface area contributed by atoms with Crippen LogP contribution in [0.3, 0.4) is 0 Å². The van der Waals surface area contributed by atoms with Gasteiger partial charge in [0.1, 0.15) is 0 Å². The second kappa shape index (κ2) is 6.80. The maximum Gasteiger partial charge on any atom is 0.0296 e. The van der Waals surface area contributed by atoms with E-state index in [4.69, 9.17) is 0 Å². The van der Waals surface area contributed by atoms with E-state index in [-0.39, 0.29) is 0 Å². The first-order valence-corrected chi connectivity index (χ1v) is 7.31. The summed E-state index contributed by atoms with van der Waals surface area (Å²) in [6.07, 6.45) is 3.70. The smallest absolute Gasteiger partial charge is 0.0296 e. The molecule has 0 aliphatic rings. The Morgan fingerprint density at radius 2 is 2.00 bits per heavy atom. The lowest BCUT2D eigenvalue weighted by Crippen LogP contribution is -2.17. The molecule has 3 nitrogen and oxygen atoms in total. The van der Waals surface area contributed by atoms with Crippen LogP contribution in [-0.4, -0.2) is 24.0 Å². The molecule has 0 radical (unpaired) electrons. The Hall–Kier alpha value is -1.23. The molecule has 2 heterocycles. The third-order valence-corrected chi connectivity index (χ3v) is 4.16. The van der Waals surface area contributed by atoms with Crippen LogP contribution in [0, 0.1) is 6.92 Å². The predicted octanol–water partition coefficient (Wildman–Crippen LogP) is 2.80. The standard InChI is InChI=1S/C15H21N3S/c1-12-14(8-15(19-12)9-16-2)11-18(3)10-13-4-6-17-7-5-13/h4-8,16H,9-11H2,1-3H3. The van der Waals surface area contributed by atoms with Gasteiger partial charge in [0.05, 0.1) is 0 Å². The Kier molecular flexibility index (Phi) is 5.07. The van der Waals surface area contributed by atoms with Crippen molar-refractivity contribution in [3.05, 3.63) is 51.5 Å². The van der Waals surface area contributed by atoms with Crippen molar-refractivity contribution in [1.82, 2.24) is 15.2 Å². The summed E-state index contributed by atoms with van der Waals surface area (Å²) in [6.45, 7) is 5.12. The second-order valence-electron chi connectivity index (χ2n) is 4.85. The van der Waals surface area contributed by atoms with Crippen LogP contribution in [0.1, 0.15) is 20.9 Å². The van der Waals surface area contributed by atoms with Crippen LogP contribution >= 0.6 is 11.3 Å². The molecule has 0 unspecified atom stereocenters. The zero-order valence-electron chi connectivity index (χ0n) is 11.8. The Balaban J connectivity index is 1.96. The van der Waals surface area contributed by atoms with Crippen molar-refractivity contribution >= 4 is 11.3 Å². The van der Waals surface area contributed by atoms with Crippen LogP contribution in [-0.2, 0) is 19.6 Å². The minimum absolute atomic E-state index is 0.958. The predicted molar refractivity (Wildman–Crippen MR) is 81.2 cm³/mol. The highest BCUT2D eigenvalue weighted by atomic mass is 32.1. The van der Waals surface area contributed by atoms with E-state index in [2.05, 4.69) is 47.4 Å². The van der Waals surface area contributed by atoms with Gasteiger partial charge in [-0.05, 0) is 50.3 Å². The Bertz CT molecular complexity index is 507. The molecule has 0 fully saturated rings. The molecule has 4 heteroatoms. The lowest BCUT2D eigenvalue weighted by atomic mass is 10.2. The molecule has 0 aromatic carbocycles. The van der Waals surface area contributed by atoms with E-state index < -0.39 is 0 Å². The first-order valence-electron chi connectivity index (χ1n) is 6.49. The van der Waals surface area contributed by atoms with Crippen LogP contribution in [0.4, 0.5) is 0 Å². The van der Waals surface area contributed by atoms with E-state index in [9.17, 15) is 0 Å². The van der Waals surface area contributed by atoms with Crippen molar-refractivity contribution in [2.24, 2.45) is 0 Å². The van der Waals surface area contributed by atoms with Gasteiger partial charge in [-0.25, -0.2) is 0 Å². The second-order valence-corrected chi connectivity index (χ2v) is 6.19. The molecule has 19 heavy (non-hydrogen) atoms. The molecule has 2 aromatic rings. The van der Waals surface area contributed by atoms with Crippen molar-refractivity contribution in [2.45, 2.75) is 26.6 Å². The van der Waals surface area contributed by atoms with Crippen molar-refractivity contribution < 1.29 is 0 Å². The van der Waals surface area contributed by atoms with Crippen LogP contribution in [0.2, 0.25) is 0 Å². The third-order valence-electron chi connectivity index (χ3n) is 3.06. The molecule has 0 saturated heterocycles. The van der Waals surface area contributed by atoms with Gasteiger partial charge < -0.3 is 5.32 Å². The summed E-state index contributed by atoms with van der Waals surface area (Å²) in [6, 6.07) is 6.46. The monoisotopic (exact) mass is 275 g/mol. The number of hydrogen-bond donors (Lipinski definition) is 1. The maximum atomic E-state index is 4.05. The van der Waals surface area contributed by atoms with E-state index in [1.165, 1.54) is 20.9 Å². The van der Waals surface area contributed by atoms with E-state index in [1.807, 2.05) is 30.8 Å². The Labute approximate surface area is 119 Å². The lowest BCUT2D eigenvalue weighted by Gasteiger charge is -2.16. The first kappa shape index (κ1) is 14.2. The number of nitrogens with one attached hydrogen (secondary N) is 1. The van der Waals surface area contributed by atoms with Crippen LogP contribution in [0.5, 0.6) is 0 Å².